The molecular formula is C23H21N3O7. The Bertz CT molecular complexity index is 1140. The Labute approximate surface area is 188 Å². The standard InChI is InChI=1S/C23H21N3O7/c1-15-9-10-17(26(30)31)13-18(15)24-21(27)14-33-23(29)19(12-16-6-3-2-4-7-16)25-22(28)20-8-5-11-32-20/h2-11,13,19H,12,14H2,1H3,(H,24,27)(H,25,28). The number of nitrogens with one attached hydrogen (secondary N) is 2. The molecule has 0 bridgehead atoms. The van der Waals surface area contributed by atoms with E-state index in [1.807, 2.05) is 6.07 Å². The Morgan fingerprint density at radius 1 is 1.09 bits per heavy atom. The molecule has 3 rings (SSSR count). The van der Waals surface area contributed by atoms with Crippen LogP contribution in [0, 0.1) is 17.0 Å². The molecule has 0 aliphatic carbocycles. The van der Waals surface area contributed by atoms with Gasteiger partial charge >= 0.3 is 5.97 Å². The van der Waals surface area contributed by atoms with Crippen molar-refractivity contribution < 1.29 is 28.5 Å². The molecule has 2 aromatic carbocycles. The van der Waals surface area contributed by atoms with Crippen molar-refractivity contribution in [1.82, 2.24) is 5.32 Å². The first-order valence-electron chi connectivity index (χ1n) is 9.93. The van der Waals surface area contributed by atoms with E-state index in [4.69, 9.17) is 9.15 Å². The number of nitro groups is 1. The zero-order valence-electron chi connectivity index (χ0n) is 17.6. The molecule has 10 nitrogen and oxygen atoms in total. The lowest BCUT2D eigenvalue weighted by Crippen LogP contribution is -2.44. The molecule has 0 radical (unpaired) electrons. The number of carbonyl (C=O) groups excluding carboxylic acids is 3. The number of nitrogens with zero attached hydrogens (tertiary/aromatic N) is 1. The molecule has 0 aliphatic rings. The fraction of sp³-hybridized carbons (Fsp3) is 0.174. The second kappa shape index (κ2) is 10.7. The van der Waals surface area contributed by atoms with E-state index in [1.165, 1.54) is 30.5 Å². The third-order valence-electron chi connectivity index (χ3n) is 4.67. The highest BCUT2D eigenvalue weighted by molar-refractivity contribution is 5.96. The predicted octanol–water partition coefficient (Wildman–Crippen LogP) is 3.02. The molecule has 1 heterocycles. The second-order valence-electron chi connectivity index (χ2n) is 7.11. The summed E-state index contributed by atoms with van der Waals surface area (Å²) >= 11 is 0. The summed E-state index contributed by atoms with van der Waals surface area (Å²) in [5, 5.41) is 16.0. The lowest BCUT2D eigenvalue weighted by molar-refractivity contribution is -0.384. The van der Waals surface area contributed by atoms with Crippen LogP contribution in [0.15, 0.2) is 71.3 Å². The summed E-state index contributed by atoms with van der Waals surface area (Å²) in [4.78, 5) is 47.7. The minimum Gasteiger partial charge on any atom is -0.459 e. The molecule has 0 aliphatic heterocycles. The maximum atomic E-state index is 12.7. The van der Waals surface area contributed by atoms with Gasteiger partial charge in [-0.25, -0.2) is 4.79 Å². The van der Waals surface area contributed by atoms with Crippen LogP contribution >= 0.6 is 0 Å². The zero-order valence-corrected chi connectivity index (χ0v) is 17.6. The van der Waals surface area contributed by atoms with Gasteiger partial charge in [-0.05, 0) is 30.2 Å². The first-order chi connectivity index (χ1) is 15.8. The van der Waals surface area contributed by atoms with Crippen LogP contribution in [0.3, 0.4) is 0 Å². The van der Waals surface area contributed by atoms with Gasteiger partial charge in [-0.2, -0.15) is 0 Å². The number of non-ortho nitro benzene ring substituents is 1. The Balaban J connectivity index is 1.64. The van der Waals surface area contributed by atoms with Gasteiger partial charge in [0.1, 0.15) is 6.04 Å². The number of anilines is 1. The summed E-state index contributed by atoms with van der Waals surface area (Å²) in [5.41, 5.74) is 1.43. The molecule has 0 spiro atoms. The van der Waals surface area contributed by atoms with Gasteiger partial charge in [-0.3, -0.25) is 19.7 Å². The molecule has 3 aromatic rings. The maximum Gasteiger partial charge on any atom is 0.329 e. The Morgan fingerprint density at radius 2 is 1.85 bits per heavy atom. The second-order valence-corrected chi connectivity index (χ2v) is 7.11. The lowest BCUT2D eigenvalue weighted by atomic mass is 10.1. The summed E-state index contributed by atoms with van der Waals surface area (Å²) in [7, 11) is 0. The molecule has 1 unspecified atom stereocenters. The Kier molecular flexibility index (Phi) is 7.53. The molecular weight excluding hydrogens is 430 g/mol. The number of furan rings is 1. The monoisotopic (exact) mass is 451 g/mol. The van der Waals surface area contributed by atoms with Crippen molar-refractivity contribution in [1.29, 1.82) is 0 Å². The summed E-state index contributed by atoms with van der Waals surface area (Å²) in [5.74, 6) is -2.07. The fourth-order valence-electron chi connectivity index (χ4n) is 2.96. The Hall–Kier alpha value is -4.47. The topological polar surface area (TPSA) is 141 Å². The molecule has 0 saturated heterocycles. The van der Waals surface area contributed by atoms with Crippen LogP contribution in [0.5, 0.6) is 0 Å². The van der Waals surface area contributed by atoms with Gasteiger partial charge in [0.15, 0.2) is 12.4 Å². The molecule has 0 fully saturated rings. The van der Waals surface area contributed by atoms with E-state index in [0.29, 0.717) is 5.56 Å². The fourth-order valence-corrected chi connectivity index (χ4v) is 2.96. The van der Waals surface area contributed by atoms with E-state index in [0.717, 1.165) is 5.56 Å². The van der Waals surface area contributed by atoms with Gasteiger partial charge in [-0.1, -0.05) is 36.4 Å². The average molecular weight is 451 g/mol. The number of amides is 2. The van der Waals surface area contributed by atoms with Crippen molar-refractivity contribution >= 4 is 29.2 Å². The van der Waals surface area contributed by atoms with Crippen molar-refractivity contribution in [2.24, 2.45) is 0 Å². The van der Waals surface area contributed by atoms with E-state index in [2.05, 4.69) is 10.6 Å². The summed E-state index contributed by atoms with van der Waals surface area (Å²) < 4.78 is 10.2. The van der Waals surface area contributed by atoms with Crippen LogP contribution in [-0.2, 0) is 20.7 Å². The van der Waals surface area contributed by atoms with Crippen LogP contribution < -0.4 is 10.6 Å². The normalized spacial score (nSPS) is 11.3. The number of esters is 1. The minimum absolute atomic E-state index is 0.0275. The largest absolute Gasteiger partial charge is 0.459 e. The molecule has 2 amide bonds. The molecule has 10 heteroatoms. The summed E-state index contributed by atoms with van der Waals surface area (Å²) in [6.45, 7) is 1.04. The summed E-state index contributed by atoms with van der Waals surface area (Å²) in [6.07, 6.45) is 1.47. The quantitative estimate of drug-likeness (QED) is 0.289. The van der Waals surface area contributed by atoms with E-state index < -0.39 is 35.4 Å². The van der Waals surface area contributed by atoms with E-state index in [9.17, 15) is 24.5 Å². The smallest absolute Gasteiger partial charge is 0.329 e. The maximum absolute atomic E-state index is 12.7. The predicted molar refractivity (Wildman–Crippen MR) is 118 cm³/mol. The highest BCUT2D eigenvalue weighted by atomic mass is 16.6. The van der Waals surface area contributed by atoms with Crippen molar-refractivity contribution in [3.05, 3.63) is 93.9 Å². The number of nitro benzene ring substituents is 1. The molecule has 0 saturated carbocycles. The van der Waals surface area contributed by atoms with Crippen LogP contribution in [-0.4, -0.2) is 35.4 Å². The van der Waals surface area contributed by atoms with Gasteiger partial charge in [0.25, 0.3) is 17.5 Å². The first-order valence-corrected chi connectivity index (χ1v) is 9.93. The van der Waals surface area contributed by atoms with Gasteiger partial charge in [-0.15, -0.1) is 0 Å². The highest BCUT2D eigenvalue weighted by Crippen LogP contribution is 2.21. The molecule has 170 valence electrons. The van der Waals surface area contributed by atoms with Gasteiger partial charge in [0.05, 0.1) is 16.9 Å². The number of carbonyl (C=O) groups is 3. The third kappa shape index (κ3) is 6.50. The van der Waals surface area contributed by atoms with Gasteiger partial charge in [0.2, 0.25) is 0 Å². The lowest BCUT2D eigenvalue weighted by Gasteiger charge is -2.17. The van der Waals surface area contributed by atoms with Gasteiger partial charge < -0.3 is 19.8 Å². The van der Waals surface area contributed by atoms with E-state index >= 15 is 0 Å². The van der Waals surface area contributed by atoms with Crippen LogP contribution in [0.25, 0.3) is 0 Å². The zero-order chi connectivity index (χ0) is 23.8. The number of ether oxygens (including phenoxy) is 1. The third-order valence-corrected chi connectivity index (χ3v) is 4.67. The Morgan fingerprint density at radius 3 is 2.52 bits per heavy atom. The minimum atomic E-state index is -1.07. The number of aryl methyl sites for hydroxylation is 1. The molecule has 1 atom stereocenters. The van der Waals surface area contributed by atoms with Crippen LogP contribution in [0.1, 0.15) is 21.7 Å². The summed E-state index contributed by atoms with van der Waals surface area (Å²) in [6, 6.07) is 14.9. The average Bonchev–Trinajstić information content (AvgIpc) is 3.34. The number of hydrogen-bond donors (Lipinski definition) is 2. The number of benzene rings is 2. The number of rotatable bonds is 9. The van der Waals surface area contributed by atoms with Crippen molar-refractivity contribution in [3.8, 4) is 0 Å². The number of hydrogen-bond acceptors (Lipinski definition) is 7. The first kappa shape index (κ1) is 23.2. The van der Waals surface area contributed by atoms with Gasteiger partial charge in [0, 0.05) is 18.6 Å². The SMILES string of the molecule is Cc1ccc([N+](=O)[O-])cc1NC(=O)COC(=O)C(Cc1ccccc1)NC(=O)c1ccco1. The van der Waals surface area contributed by atoms with Crippen LogP contribution in [0.4, 0.5) is 11.4 Å². The molecule has 2 N–H and O–H groups in total. The highest BCUT2D eigenvalue weighted by Gasteiger charge is 2.25. The molecule has 1 aromatic heterocycles. The van der Waals surface area contributed by atoms with Crippen LogP contribution in [0.2, 0.25) is 0 Å². The van der Waals surface area contributed by atoms with E-state index in [1.54, 1.807) is 37.3 Å². The van der Waals surface area contributed by atoms with Crippen molar-refractivity contribution in [3.63, 3.8) is 0 Å². The van der Waals surface area contributed by atoms with E-state index in [-0.39, 0.29) is 23.6 Å². The van der Waals surface area contributed by atoms with Crippen molar-refractivity contribution in [2.45, 2.75) is 19.4 Å². The molecule has 33 heavy (non-hydrogen) atoms. The van der Waals surface area contributed by atoms with Crippen molar-refractivity contribution in [2.75, 3.05) is 11.9 Å².